The van der Waals surface area contributed by atoms with E-state index in [2.05, 4.69) is 5.10 Å². The zero-order chi connectivity index (χ0) is 17.3. The van der Waals surface area contributed by atoms with Crippen molar-refractivity contribution < 1.29 is 14.2 Å². The van der Waals surface area contributed by atoms with Crippen LogP contribution in [0.15, 0.2) is 42.7 Å². The van der Waals surface area contributed by atoms with Gasteiger partial charge in [0.05, 0.1) is 0 Å². The topological polar surface area (TPSA) is 47.3 Å². The van der Waals surface area contributed by atoms with E-state index in [1.54, 1.807) is 26.8 Å². The number of halogens is 1. The summed E-state index contributed by atoms with van der Waals surface area (Å²) in [6.45, 7) is 8.47. The number of hydrogen-bond donors (Lipinski definition) is 1. The van der Waals surface area contributed by atoms with E-state index in [4.69, 9.17) is 4.74 Å². The first-order chi connectivity index (χ1) is 10.6. The van der Waals surface area contributed by atoms with Crippen LogP contribution in [0, 0.1) is 12.3 Å². The number of nitrogens with zero attached hydrogens (tertiary/aromatic N) is 2. The molecule has 4 nitrogen and oxygen atoms in total. The zero-order valence-electron chi connectivity index (χ0n) is 14.4. The molecule has 0 saturated carbocycles. The number of aryl methyl sites for hydroxylation is 1. The van der Waals surface area contributed by atoms with Crippen LogP contribution < -0.4 is 4.74 Å². The molecule has 1 N–H and O–H groups in total. The van der Waals surface area contributed by atoms with Crippen LogP contribution in [-0.4, -0.2) is 27.1 Å². The lowest BCUT2D eigenvalue weighted by Crippen LogP contribution is -2.62. The third-order valence-corrected chi connectivity index (χ3v) is 4.40. The predicted octanol–water partition coefficient (Wildman–Crippen LogP) is 3.69. The van der Waals surface area contributed by atoms with Crippen molar-refractivity contribution in [2.45, 2.75) is 46.0 Å². The van der Waals surface area contributed by atoms with Crippen LogP contribution in [0.2, 0.25) is 0 Å². The number of aromatic nitrogens is 2. The van der Waals surface area contributed by atoms with Crippen LogP contribution in [0.1, 0.15) is 33.3 Å². The number of hydrogen-bond acceptors (Lipinski definition) is 3. The van der Waals surface area contributed by atoms with Gasteiger partial charge in [0.25, 0.3) is 0 Å². The van der Waals surface area contributed by atoms with E-state index in [0.29, 0.717) is 5.75 Å². The molecule has 2 unspecified atom stereocenters. The maximum atomic E-state index is 15.5. The van der Waals surface area contributed by atoms with E-state index in [1.807, 2.05) is 31.2 Å². The molecule has 1 aromatic carbocycles. The fourth-order valence-electron chi connectivity index (χ4n) is 2.56. The minimum absolute atomic E-state index is 0.188. The molecule has 0 bridgehead atoms. The number of rotatable bonds is 5. The molecule has 2 rings (SSSR count). The molecule has 0 spiro atoms. The molecule has 2 atom stereocenters. The molecule has 0 fully saturated rings. The van der Waals surface area contributed by atoms with Gasteiger partial charge in [0.15, 0.2) is 5.60 Å². The average molecular weight is 320 g/mol. The van der Waals surface area contributed by atoms with Crippen LogP contribution in [0.4, 0.5) is 4.39 Å². The Hall–Kier alpha value is -1.88. The third kappa shape index (κ3) is 3.24. The number of ether oxygens (including phenoxy) is 1. The van der Waals surface area contributed by atoms with E-state index in [1.165, 1.54) is 19.3 Å². The van der Waals surface area contributed by atoms with Crippen molar-refractivity contribution in [1.29, 1.82) is 0 Å². The standard InChI is InChI=1S/C18H25FN2O2/c1-14-7-9-15(10-8-14)23-13-18(22,16(2,3)4)17(5,19)21-12-6-11-20-21/h6-12,22H,13H2,1-5H3. The molecular formula is C18H25FN2O2. The van der Waals surface area contributed by atoms with Gasteiger partial charge in [0.2, 0.25) is 5.79 Å². The fourth-order valence-corrected chi connectivity index (χ4v) is 2.56. The molecule has 2 aromatic rings. The Morgan fingerprint density at radius 1 is 1.17 bits per heavy atom. The number of alkyl halides is 1. The maximum absolute atomic E-state index is 15.5. The number of aliphatic hydroxyl groups is 1. The quantitative estimate of drug-likeness (QED) is 0.914. The summed E-state index contributed by atoms with van der Waals surface area (Å²) in [5.41, 5.74) is -1.44. The van der Waals surface area contributed by atoms with Gasteiger partial charge >= 0.3 is 0 Å². The Kier molecular flexibility index (Phi) is 4.53. The molecule has 126 valence electrons. The van der Waals surface area contributed by atoms with Gasteiger partial charge in [0.1, 0.15) is 12.4 Å². The van der Waals surface area contributed by atoms with Gasteiger partial charge in [-0.05, 0) is 37.5 Å². The minimum Gasteiger partial charge on any atom is -0.490 e. The van der Waals surface area contributed by atoms with E-state index >= 15 is 4.39 Å². The third-order valence-electron chi connectivity index (χ3n) is 4.40. The largest absolute Gasteiger partial charge is 0.490 e. The van der Waals surface area contributed by atoms with E-state index < -0.39 is 16.8 Å². The van der Waals surface area contributed by atoms with Crippen LogP contribution in [-0.2, 0) is 5.79 Å². The van der Waals surface area contributed by atoms with Crippen LogP contribution in [0.25, 0.3) is 0 Å². The van der Waals surface area contributed by atoms with Crippen LogP contribution in [0.3, 0.4) is 0 Å². The van der Waals surface area contributed by atoms with E-state index in [0.717, 1.165) is 10.2 Å². The Morgan fingerprint density at radius 3 is 2.26 bits per heavy atom. The van der Waals surface area contributed by atoms with Gasteiger partial charge in [-0.15, -0.1) is 0 Å². The molecule has 0 aliphatic rings. The van der Waals surface area contributed by atoms with Crippen molar-refractivity contribution in [2.24, 2.45) is 5.41 Å². The summed E-state index contributed by atoms with van der Waals surface area (Å²) in [5.74, 6) is -1.53. The summed E-state index contributed by atoms with van der Waals surface area (Å²) in [4.78, 5) is 0. The second kappa shape index (κ2) is 5.96. The maximum Gasteiger partial charge on any atom is 0.230 e. The molecule has 5 heteroatoms. The first-order valence-corrected chi connectivity index (χ1v) is 7.69. The smallest absolute Gasteiger partial charge is 0.230 e. The van der Waals surface area contributed by atoms with Gasteiger partial charge in [-0.1, -0.05) is 38.5 Å². The molecule has 23 heavy (non-hydrogen) atoms. The molecule has 1 heterocycles. The monoisotopic (exact) mass is 320 g/mol. The Bertz CT molecular complexity index is 630. The van der Waals surface area contributed by atoms with Gasteiger partial charge in [-0.2, -0.15) is 5.10 Å². The normalized spacial score (nSPS) is 17.3. The lowest BCUT2D eigenvalue weighted by Gasteiger charge is -2.47. The average Bonchev–Trinajstić information content (AvgIpc) is 2.99. The second-order valence-corrected chi connectivity index (χ2v) is 7.12. The van der Waals surface area contributed by atoms with Crippen LogP contribution >= 0.6 is 0 Å². The highest BCUT2D eigenvalue weighted by molar-refractivity contribution is 5.26. The lowest BCUT2D eigenvalue weighted by atomic mass is 9.71. The van der Waals surface area contributed by atoms with Crippen molar-refractivity contribution in [3.63, 3.8) is 0 Å². The zero-order valence-corrected chi connectivity index (χ0v) is 14.4. The molecule has 0 saturated heterocycles. The SMILES string of the molecule is Cc1ccc(OCC(O)(C(C)(C)C)C(C)(F)n2cccn2)cc1. The minimum atomic E-state index is -2.13. The lowest BCUT2D eigenvalue weighted by molar-refractivity contribution is -0.217. The van der Waals surface area contributed by atoms with Crippen molar-refractivity contribution in [3.05, 3.63) is 48.3 Å². The second-order valence-electron chi connectivity index (χ2n) is 7.12. The van der Waals surface area contributed by atoms with Gasteiger partial charge in [-0.25, -0.2) is 9.07 Å². The van der Waals surface area contributed by atoms with Gasteiger partial charge < -0.3 is 9.84 Å². The fraction of sp³-hybridized carbons (Fsp3) is 0.500. The summed E-state index contributed by atoms with van der Waals surface area (Å²) < 4.78 is 22.4. The number of benzene rings is 1. The molecular weight excluding hydrogens is 295 g/mol. The van der Waals surface area contributed by atoms with Crippen molar-refractivity contribution in [2.75, 3.05) is 6.61 Å². The first-order valence-electron chi connectivity index (χ1n) is 7.69. The van der Waals surface area contributed by atoms with E-state index in [9.17, 15) is 5.11 Å². The van der Waals surface area contributed by atoms with Gasteiger partial charge in [-0.3, -0.25) is 0 Å². The highest BCUT2D eigenvalue weighted by atomic mass is 19.1. The highest BCUT2D eigenvalue weighted by Crippen LogP contribution is 2.44. The molecule has 0 radical (unpaired) electrons. The summed E-state index contributed by atoms with van der Waals surface area (Å²) in [6, 6.07) is 9.06. The first kappa shape index (κ1) is 17.5. The Balaban J connectivity index is 2.31. The summed E-state index contributed by atoms with van der Waals surface area (Å²) in [7, 11) is 0. The highest BCUT2D eigenvalue weighted by Gasteiger charge is 2.57. The molecule has 0 amide bonds. The summed E-state index contributed by atoms with van der Waals surface area (Å²) >= 11 is 0. The van der Waals surface area contributed by atoms with Crippen molar-refractivity contribution >= 4 is 0 Å². The van der Waals surface area contributed by atoms with Crippen LogP contribution in [0.5, 0.6) is 5.75 Å². The molecule has 0 aliphatic carbocycles. The Morgan fingerprint density at radius 2 is 1.78 bits per heavy atom. The predicted molar refractivity (Wildman–Crippen MR) is 88.1 cm³/mol. The summed E-state index contributed by atoms with van der Waals surface area (Å²) in [6.07, 6.45) is 2.99. The van der Waals surface area contributed by atoms with Crippen molar-refractivity contribution in [3.8, 4) is 5.75 Å². The molecule has 1 aromatic heterocycles. The van der Waals surface area contributed by atoms with Gasteiger partial charge in [0, 0.05) is 12.4 Å². The van der Waals surface area contributed by atoms with E-state index in [-0.39, 0.29) is 6.61 Å². The molecule has 0 aliphatic heterocycles. The van der Waals surface area contributed by atoms with Crippen molar-refractivity contribution in [1.82, 2.24) is 9.78 Å². The Labute approximate surface area is 136 Å². The summed E-state index contributed by atoms with van der Waals surface area (Å²) in [5, 5.41) is 15.2.